The normalized spacial score (nSPS) is 11.5. The number of aromatic nitrogens is 2. The molecule has 4 nitrogen and oxygen atoms in total. The highest BCUT2D eigenvalue weighted by atomic mass is 32.2. The molecule has 1 heterocycles. The molecule has 0 aliphatic heterocycles. The third-order valence-electron chi connectivity index (χ3n) is 3.57. The van der Waals surface area contributed by atoms with Gasteiger partial charge in [-0.1, -0.05) is 32.9 Å². The monoisotopic (exact) mass is 345 g/mol. The molecule has 1 aromatic heterocycles. The summed E-state index contributed by atoms with van der Waals surface area (Å²) in [6.07, 6.45) is 0. The second-order valence-electron chi connectivity index (χ2n) is 7.00. The number of hydrogen-bond acceptors (Lipinski definition) is 3. The predicted octanol–water partition coefficient (Wildman–Crippen LogP) is 3.81. The summed E-state index contributed by atoms with van der Waals surface area (Å²) >= 11 is 1.85. The number of thioether (sulfide) groups is 1. The fourth-order valence-corrected chi connectivity index (χ4v) is 3.21. The van der Waals surface area contributed by atoms with Crippen LogP contribution in [0.3, 0.4) is 0 Å². The highest BCUT2D eigenvalue weighted by Crippen LogP contribution is 2.22. The summed E-state index contributed by atoms with van der Waals surface area (Å²) in [7, 11) is 0. The first-order valence-electron chi connectivity index (χ1n) is 8.27. The molecule has 2 rings (SSSR count). The minimum absolute atomic E-state index is 0.0119. The number of carbonyl (C=O) groups excluding carboxylic acids is 1. The third kappa shape index (κ3) is 5.71. The lowest BCUT2D eigenvalue weighted by molar-refractivity contribution is 0.0956. The average Bonchev–Trinajstić information content (AvgIpc) is 2.81. The van der Waals surface area contributed by atoms with Crippen molar-refractivity contribution in [3.63, 3.8) is 0 Å². The van der Waals surface area contributed by atoms with E-state index in [9.17, 15) is 4.79 Å². The Balaban J connectivity index is 1.87. The van der Waals surface area contributed by atoms with E-state index in [1.54, 1.807) is 0 Å². The van der Waals surface area contributed by atoms with Crippen molar-refractivity contribution in [1.29, 1.82) is 0 Å². The number of benzene rings is 1. The van der Waals surface area contributed by atoms with Gasteiger partial charge in [0.15, 0.2) is 0 Å². The van der Waals surface area contributed by atoms with Crippen LogP contribution in [0.1, 0.15) is 48.1 Å². The van der Waals surface area contributed by atoms with E-state index in [-0.39, 0.29) is 10.7 Å². The average molecular weight is 346 g/mol. The van der Waals surface area contributed by atoms with Gasteiger partial charge in [0.25, 0.3) is 5.91 Å². The first kappa shape index (κ1) is 18.6. The van der Waals surface area contributed by atoms with Crippen LogP contribution in [0, 0.1) is 13.8 Å². The molecule has 5 heteroatoms. The topological polar surface area (TPSA) is 46.9 Å². The van der Waals surface area contributed by atoms with Gasteiger partial charge in [-0.2, -0.15) is 16.9 Å². The van der Waals surface area contributed by atoms with Crippen molar-refractivity contribution in [2.24, 2.45) is 0 Å². The van der Waals surface area contributed by atoms with Gasteiger partial charge in [-0.15, -0.1) is 0 Å². The fraction of sp³-hybridized carbons (Fsp3) is 0.474. The predicted molar refractivity (Wildman–Crippen MR) is 102 cm³/mol. The summed E-state index contributed by atoms with van der Waals surface area (Å²) in [6.45, 7) is 12.0. The molecule has 0 fully saturated rings. The summed E-state index contributed by atoms with van der Waals surface area (Å²) < 4.78 is 2.21. The molecular weight excluding hydrogens is 318 g/mol. The molecule has 24 heavy (non-hydrogen) atoms. The molecule has 0 spiro atoms. The van der Waals surface area contributed by atoms with Gasteiger partial charge in [-0.25, -0.2) is 0 Å². The first-order chi connectivity index (χ1) is 11.2. The Bertz CT molecular complexity index is 684. The van der Waals surface area contributed by atoms with Crippen molar-refractivity contribution in [3.8, 4) is 0 Å². The van der Waals surface area contributed by atoms with Gasteiger partial charge in [0.1, 0.15) is 0 Å². The summed E-state index contributed by atoms with van der Waals surface area (Å²) in [5, 5.41) is 7.44. The SMILES string of the molecule is Cc1cc(C)n(Cc2ccc(C(=O)NCCSC(C)(C)C)cc2)n1. The lowest BCUT2D eigenvalue weighted by atomic mass is 10.1. The van der Waals surface area contributed by atoms with Gasteiger partial charge >= 0.3 is 0 Å². The van der Waals surface area contributed by atoms with Crippen LogP contribution in [0.5, 0.6) is 0 Å². The fourth-order valence-electron chi connectivity index (χ4n) is 2.39. The highest BCUT2D eigenvalue weighted by Gasteiger charge is 2.11. The van der Waals surface area contributed by atoms with Crippen molar-refractivity contribution in [1.82, 2.24) is 15.1 Å². The Hall–Kier alpha value is -1.75. The standard InChI is InChI=1S/C19H27N3OS/c1-14-12-15(2)22(21-14)13-16-6-8-17(9-7-16)18(23)20-10-11-24-19(3,4)5/h6-9,12H,10-11,13H2,1-5H3,(H,20,23). The van der Waals surface area contributed by atoms with Crippen LogP contribution in [0.15, 0.2) is 30.3 Å². The van der Waals surface area contributed by atoms with Crippen molar-refractivity contribution in [2.45, 2.75) is 45.9 Å². The van der Waals surface area contributed by atoms with Gasteiger partial charge in [0.05, 0.1) is 12.2 Å². The van der Waals surface area contributed by atoms with Gasteiger partial charge in [0.2, 0.25) is 0 Å². The van der Waals surface area contributed by atoms with E-state index in [2.05, 4.69) is 44.2 Å². The van der Waals surface area contributed by atoms with Crippen LogP contribution >= 0.6 is 11.8 Å². The van der Waals surface area contributed by atoms with Crippen LogP contribution in [0.25, 0.3) is 0 Å². The zero-order chi connectivity index (χ0) is 17.7. The molecule has 0 aliphatic rings. The lowest BCUT2D eigenvalue weighted by Gasteiger charge is -2.17. The molecule has 0 aliphatic carbocycles. The van der Waals surface area contributed by atoms with E-state index in [0.29, 0.717) is 12.1 Å². The van der Waals surface area contributed by atoms with Crippen LogP contribution in [-0.2, 0) is 6.54 Å². The molecule has 130 valence electrons. The minimum Gasteiger partial charge on any atom is -0.351 e. The van der Waals surface area contributed by atoms with E-state index >= 15 is 0 Å². The number of rotatable bonds is 6. The molecule has 1 N–H and O–H groups in total. The van der Waals surface area contributed by atoms with Crippen LogP contribution in [0.4, 0.5) is 0 Å². The number of nitrogens with one attached hydrogen (secondary N) is 1. The molecule has 0 unspecified atom stereocenters. The van der Waals surface area contributed by atoms with Gasteiger partial charge in [-0.3, -0.25) is 9.48 Å². The minimum atomic E-state index is -0.0119. The van der Waals surface area contributed by atoms with E-state index in [1.807, 2.05) is 47.6 Å². The summed E-state index contributed by atoms with van der Waals surface area (Å²) in [5.74, 6) is 0.910. The Morgan fingerprint density at radius 2 is 1.88 bits per heavy atom. The van der Waals surface area contributed by atoms with E-state index in [0.717, 1.165) is 29.2 Å². The van der Waals surface area contributed by atoms with Crippen LogP contribution < -0.4 is 5.32 Å². The van der Waals surface area contributed by atoms with Crippen molar-refractivity contribution >= 4 is 17.7 Å². The summed E-state index contributed by atoms with van der Waals surface area (Å²) in [4.78, 5) is 12.2. The third-order valence-corrected chi connectivity index (χ3v) is 4.85. The zero-order valence-electron chi connectivity index (χ0n) is 15.2. The second-order valence-corrected chi connectivity index (χ2v) is 8.92. The number of carbonyl (C=O) groups is 1. The zero-order valence-corrected chi connectivity index (χ0v) is 16.0. The smallest absolute Gasteiger partial charge is 0.251 e. The number of aryl methyl sites for hydroxylation is 2. The summed E-state index contributed by atoms with van der Waals surface area (Å²) in [6, 6.07) is 9.82. The molecule has 1 amide bonds. The van der Waals surface area contributed by atoms with E-state index in [4.69, 9.17) is 0 Å². The molecule has 1 aromatic carbocycles. The van der Waals surface area contributed by atoms with E-state index < -0.39 is 0 Å². The number of nitrogens with zero attached hydrogens (tertiary/aromatic N) is 2. The molecule has 0 atom stereocenters. The van der Waals surface area contributed by atoms with Crippen molar-refractivity contribution in [3.05, 3.63) is 52.8 Å². The maximum atomic E-state index is 12.2. The number of hydrogen-bond donors (Lipinski definition) is 1. The molecule has 0 saturated carbocycles. The molecule has 0 saturated heterocycles. The van der Waals surface area contributed by atoms with Crippen molar-refractivity contribution < 1.29 is 4.79 Å². The lowest BCUT2D eigenvalue weighted by Crippen LogP contribution is -2.26. The quantitative estimate of drug-likeness (QED) is 0.810. The Morgan fingerprint density at radius 1 is 1.21 bits per heavy atom. The molecule has 0 radical (unpaired) electrons. The summed E-state index contributed by atoms with van der Waals surface area (Å²) in [5.41, 5.74) is 4.01. The largest absolute Gasteiger partial charge is 0.351 e. The number of amides is 1. The van der Waals surface area contributed by atoms with E-state index in [1.165, 1.54) is 0 Å². The molecular formula is C19H27N3OS. The second kappa shape index (κ2) is 7.88. The maximum Gasteiger partial charge on any atom is 0.251 e. The molecule has 2 aromatic rings. The van der Waals surface area contributed by atoms with Crippen molar-refractivity contribution in [2.75, 3.05) is 12.3 Å². The highest BCUT2D eigenvalue weighted by molar-refractivity contribution is 8.00. The Morgan fingerprint density at radius 3 is 2.42 bits per heavy atom. The van der Waals surface area contributed by atoms with Crippen LogP contribution in [-0.4, -0.2) is 32.7 Å². The maximum absolute atomic E-state index is 12.2. The van der Waals surface area contributed by atoms with Gasteiger partial charge < -0.3 is 5.32 Å². The Kier molecular flexibility index (Phi) is 6.10. The van der Waals surface area contributed by atoms with Gasteiger partial charge in [-0.05, 0) is 37.6 Å². The van der Waals surface area contributed by atoms with Crippen LogP contribution in [0.2, 0.25) is 0 Å². The Labute approximate surface area is 149 Å². The van der Waals surface area contributed by atoms with Gasteiger partial charge in [0, 0.05) is 28.3 Å². The first-order valence-corrected chi connectivity index (χ1v) is 9.25. The molecule has 0 bridgehead atoms.